The number of nitrogens with zero attached hydrogens (tertiary/aromatic N) is 1. The molecule has 0 aromatic carbocycles. The molecule has 0 radical (unpaired) electrons. The highest BCUT2D eigenvalue weighted by molar-refractivity contribution is 5.84. The van der Waals surface area contributed by atoms with Crippen LogP contribution in [0.3, 0.4) is 0 Å². The molecule has 0 aromatic rings. The van der Waals surface area contributed by atoms with E-state index < -0.39 is 0 Å². The van der Waals surface area contributed by atoms with E-state index in [-0.39, 0.29) is 16.9 Å². The minimum atomic E-state index is -0.283. The van der Waals surface area contributed by atoms with E-state index in [0.29, 0.717) is 26.3 Å². The number of hydrogen-bond donors (Lipinski definition) is 1. The molecule has 98 valence electrons. The molecule has 0 bridgehead atoms. The first-order valence-electron chi connectivity index (χ1n) is 6.62. The van der Waals surface area contributed by atoms with Crippen LogP contribution in [0, 0.1) is 5.41 Å². The van der Waals surface area contributed by atoms with Crippen LogP contribution in [0.15, 0.2) is 0 Å². The lowest BCUT2D eigenvalue weighted by Crippen LogP contribution is -2.60. The second kappa shape index (κ2) is 4.58. The van der Waals surface area contributed by atoms with Crippen LogP contribution < -0.4 is 5.73 Å². The summed E-state index contributed by atoms with van der Waals surface area (Å²) >= 11 is 0. The molecule has 2 N–H and O–H groups in total. The summed E-state index contributed by atoms with van der Waals surface area (Å²) in [6.07, 6.45) is 4.17. The first-order valence-corrected chi connectivity index (χ1v) is 6.62. The normalized spacial score (nSPS) is 27.1. The molecule has 4 heteroatoms. The van der Waals surface area contributed by atoms with Crippen LogP contribution >= 0.6 is 0 Å². The zero-order valence-corrected chi connectivity index (χ0v) is 11.0. The second-order valence-electron chi connectivity index (χ2n) is 6.01. The predicted octanol–water partition coefficient (Wildman–Crippen LogP) is 1.14. The first kappa shape index (κ1) is 12.8. The van der Waals surface area contributed by atoms with Gasteiger partial charge in [-0.15, -0.1) is 0 Å². The summed E-state index contributed by atoms with van der Waals surface area (Å²) in [5, 5.41) is 0. The fourth-order valence-corrected chi connectivity index (χ4v) is 3.08. The van der Waals surface area contributed by atoms with Gasteiger partial charge in [-0.25, -0.2) is 0 Å². The van der Waals surface area contributed by atoms with Crippen molar-refractivity contribution in [2.24, 2.45) is 11.1 Å². The maximum Gasteiger partial charge on any atom is 0.230 e. The maximum absolute atomic E-state index is 12.8. The Morgan fingerprint density at radius 2 is 2.00 bits per heavy atom. The van der Waals surface area contributed by atoms with E-state index in [9.17, 15) is 4.79 Å². The molecule has 1 aliphatic carbocycles. The number of amides is 1. The Hall–Kier alpha value is -0.610. The first-order chi connectivity index (χ1) is 8.02. The van der Waals surface area contributed by atoms with E-state index in [1.54, 1.807) is 0 Å². The molecule has 4 nitrogen and oxygen atoms in total. The molecule has 1 saturated heterocycles. The quantitative estimate of drug-likeness (QED) is 0.787. The van der Waals surface area contributed by atoms with Gasteiger partial charge in [-0.1, -0.05) is 12.8 Å². The van der Waals surface area contributed by atoms with Gasteiger partial charge in [-0.2, -0.15) is 0 Å². The van der Waals surface area contributed by atoms with Gasteiger partial charge in [0.1, 0.15) is 0 Å². The largest absolute Gasteiger partial charge is 0.377 e. The standard InChI is InChI=1S/C13H24N2O2/c1-12(2)10-17-8-7-15(12)11(16)13(9-14)5-3-4-6-13/h3-10,14H2,1-2H3. The monoisotopic (exact) mass is 240 g/mol. The van der Waals surface area contributed by atoms with Crippen molar-refractivity contribution in [2.45, 2.75) is 45.1 Å². The molecule has 0 spiro atoms. The minimum absolute atomic E-state index is 0.194. The van der Waals surface area contributed by atoms with Crippen LogP contribution in [-0.2, 0) is 9.53 Å². The summed E-state index contributed by atoms with van der Waals surface area (Å²) in [6.45, 7) is 6.61. The Morgan fingerprint density at radius 1 is 1.35 bits per heavy atom. The molecular formula is C13H24N2O2. The van der Waals surface area contributed by atoms with Crippen LogP contribution in [0.1, 0.15) is 39.5 Å². The molecule has 17 heavy (non-hydrogen) atoms. The highest BCUT2D eigenvalue weighted by atomic mass is 16.5. The lowest BCUT2D eigenvalue weighted by atomic mass is 9.83. The number of carbonyl (C=O) groups excluding carboxylic acids is 1. The van der Waals surface area contributed by atoms with Gasteiger partial charge in [-0.3, -0.25) is 4.79 Å². The zero-order valence-electron chi connectivity index (χ0n) is 11.0. The molecule has 0 aromatic heterocycles. The van der Waals surface area contributed by atoms with Crippen LogP contribution in [0.25, 0.3) is 0 Å². The van der Waals surface area contributed by atoms with Crippen LogP contribution in [0.4, 0.5) is 0 Å². The summed E-state index contributed by atoms with van der Waals surface area (Å²) in [4.78, 5) is 14.8. The zero-order chi connectivity index (χ0) is 12.5. The summed E-state index contributed by atoms with van der Waals surface area (Å²) < 4.78 is 5.47. The number of ether oxygens (including phenoxy) is 1. The van der Waals surface area contributed by atoms with Gasteiger partial charge in [0, 0.05) is 13.1 Å². The van der Waals surface area contributed by atoms with Crippen molar-refractivity contribution in [3.8, 4) is 0 Å². The highest BCUT2D eigenvalue weighted by Crippen LogP contribution is 2.40. The smallest absolute Gasteiger partial charge is 0.230 e. The van der Waals surface area contributed by atoms with Gasteiger partial charge in [0.25, 0.3) is 0 Å². The summed E-state index contributed by atoms with van der Waals surface area (Å²) in [5.74, 6) is 0.255. The molecule has 2 rings (SSSR count). The number of morpholine rings is 1. The van der Waals surface area contributed by atoms with Crippen molar-refractivity contribution >= 4 is 5.91 Å². The van der Waals surface area contributed by atoms with Crippen molar-refractivity contribution in [1.29, 1.82) is 0 Å². The fraction of sp³-hybridized carbons (Fsp3) is 0.923. The average Bonchev–Trinajstić information content (AvgIpc) is 2.77. The number of hydrogen-bond acceptors (Lipinski definition) is 3. The van der Waals surface area contributed by atoms with Gasteiger partial charge >= 0.3 is 0 Å². The van der Waals surface area contributed by atoms with Crippen LogP contribution in [0.5, 0.6) is 0 Å². The topological polar surface area (TPSA) is 55.6 Å². The number of nitrogens with two attached hydrogens (primary N) is 1. The Bertz CT molecular complexity index is 296. The third-order valence-electron chi connectivity index (χ3n) is 4.30. The van der Waals surface area contributed by atoms with E-state index in [0.717, 1.165) is 25.7 Å². The van der Waals surface area contributed by atoms with Crippen molar-refractivity contribution in [2.75, 3.05) is 26.3 Å². The summed E-state index contributed by atoms with van der Waals surface area (Å²) in [6, 6.07) is 0. The van der Waals surface area contributed by atoms with E-state index >= 15 is 0 Å². The molecule has 2 fully saturated rings. The molecule has 0 atom stereocenters. The average molecular weight is 240 g/mol. The fourth-order valence-electron chi connectivity index (χ4n) is 3.08. The van der Waals surface area contributed by atoms with Gasteiger partial charge in [-0.05, 0) is 26.7 Å². The van der Waals surface area contributed by atoms with Crippen LogP contribution in [-0.4, -0.2) is 42.6 Å². The van der Waals surface area contributed by atoms with E-state index in [1.165, 1.54) is 0 Å². The van der Waals surface area contributed by atoms with Crippen molar-refractivity contribution < 1.29 is 9.53 Å². The molecular weight excluding hydrogens is 216 g/mol. The van der Waals surface area contributed by atoms with Crippen molar-refractivity contribution in [3.63, 3.8) is 0 Å². The van der Waals surface area contributed by atoms with E-state index in [4.69, 9.17) is 10.5 Å². The second-order valence-corrected chi connectivity index (χ2v) is 6.01. The maximum atomic E-state index is 12.8. The highest BCUT2D eigenvalue weighted by Gasteiger charge is 2.46. The van der Waals surface area contributed by atoms with Gasteiger partial charge < -0.3 is 15.4 Å². The third kappa shape index (κ3) is 2.20. The van der Waals surface area contributed by atoms with Gasteiger partial charge in [0.15, 0.2) is 0 Å². The van der Waals surface area contributed by atoms with E-state index in [1.807, 2.05) is 4.90 Å². The Kier molecular flexibility index (Phi) is 3.46. The molecule has 1 saturated carbocycles. The summed E-state index contributed by atoms with van der Waals surface area (Å²) in [7, 11) is 0. The van der Waals surface area contributed by atoms with Gasteiger partial charge in [0.05, 0.1) is 24.2 Å². The van der Waals surface area contributed by atoms with Crippen molar-refractivity contribution in [3.05, 3.63) is 0 Å². The number of carbonyl (C=O) groups is 1. The Labute approximate surface area is 103 Å². The predicted molar refractivity (Wildman–Crippen MR) is 66.6 cm³/mol. The van der Waals surface area contributed by atoms with Gasteiger partial charge in [0.2, 0.25) is 5.91 Å². The molecule has 0 unspecified atom stereocenters. The lowest BCUT2D eigenvalue weighted by Gasteiger charge is -2.46. The molecule has 2 aliphatic rings. The third-order valence-corrected chi connectivity index (χ3v) is 4.30. The SMILES string of the molecule is CC1(C)COCCN1C(=O)C1(CN)CCCC1. The van der Waals surface area contributed by atoms with E-state index in [2.05, 4.69) is 13.8 Å². The Morgan fingerprint density at radius 3 is 2.53 bits per heavy atom. The summed E-state index contributed by atoms with van der Waals surface area (Å²) in [5.41, 5.74) is 5.41. The van der Waals surface area contributed by atoms with Crippen molar-refractivity contribution in [1.82, 2.24) is 4.90 Å². The minimum Gasteiger partial charge on any atom is -0.377 e. The number of rotatable bonds is 2. The van der Waals surface area contributed by atoms with Crippen LogP contribution in [0.2, 0.25) is 0 Å². The molecule has 1 heterocycles. The molecule has 1 aliphatic heterocycles. The Balaban J connectivity index is 2.17. The lowest BCUT2D eigenvalue weighted by molar-refractivity contribution is -0.156. The molecule has 1 amide bonds.